The maximum atomic E-state index is 13.6. The quantitative estimate of drug-likeness (QED) is 0.314. The van der Waals surface area contributed by atoms with Crippen LogP contribution in [0.1, 0.15) is 27.2 Å². The number of azo groups is 1. The molecule has 0 fully saturated rings. The van der Waals surface area contributed by atoms with E-state index < -0.39 is 0 Å². The molecule has 0 aliphatic carbocycles. The van der Waals surface area contributed by atoms with Gasteiger partial charge in [0.15, 0.2) is 0 Å². The minimum Gasteiger partial charge on any atom is -0.345 e. The van der Waals surface area contributed by atoms with E-state index in [1.54, 1.807) is 23.1 Å². The molecule has 0 atom stereocenters. The Kier molecular flexibility index (Phi) is 5.33. The Morgan fingerprint density at radius 1 is 0.875 bits per heavy atom. The number of aromatic nitrogens is 1. The Morgan fingerprint density at radius 3 is 2.50 bits per heavy atom. The lowest BCUT2D eigenvalue weighted by atomic mass is 10.1. The van der Waals surface area contributed by atoms with Crippen molar-refractivity contribution < 1.29 is 4.79 Å². The van der Waals surface area contributed by atoms with Crippen molar-refractivity contribution in [1.29, 1.82) is 0 Å². The lowest BCUT2D eigenvalue weighted by Crippen LogP contribution is -2.30. The summed E-state index contributed by atoms with van der Waals surface area (Å²) in [5, 5.41) is 8.90. The van der Waals surface area contributed by atoms with Crippen LogP contribution in [0.25, 0.3) is 0 Å². The second-order valence-corrected chi connectivity index (χ2v) is 8.26. The highest BCUT2D eigenvalue weighted by atomic mass is 35.5. The molecule has 1 aliphatic rings. The fraction of sp³-hybridized carbons (Fsp3) is 0.115. The first kappa shape index (κ1) is 20.2. The molecule has 0 saturated carbocycles. The minimum absolute atomic E-state index is 0.140. The van der Waals surface area contributed by atoms with Crippen molar-refractivity contribution in [3.05, 3.63) is 112 Å². The van der Waals surface area contributed by atoms with Crippen LogP contribution in [-0.2, 0) is 13.1 Å². The molecular formula is C26H21ClN4O. The maximum absolute atomic E-state index is 13.6. The van der Waals surface area contributed by atoms with Gasteiger partial charge in [-0.15, -0.1) is 0 Å². The minimum atomic E-state index is -0.140. The van der Waals surface area contributed by atoms with Gasteiger partial charge in [0.25, 0.3) is 5.91 Å². The molecule has 1 aliphatic heterocycles. The van der Waals surface area contributed by atoms with Gasteiger partial charge >= 0.3 is 0 Å². The van der Waals surface area contributed by atoms with Crippen molar-refractivity contribution in [2.24, 2.45) is 10.2 Å². The number of benzene rings is 3. The van der Waals surface area contributed by atoms with Gasteiger partial charge in [-0.3, -0.25) is 4.79 Å². The number of halogens is 1. The summed E-state index contributed by atoms with van der Waals surface area (Å²) >= 11 is 6.54. The first-order valence-corrected chi connectivity index (χ1v) is 10.8. The molecule has 5 rings (SSSR count). The van der Waals surface area contributed by atoms with Gasteiger partial charge in [-0.2, -0.15) is 10.2 Å². The van der Waals surface area contributed by atoms with Gasteiger partial charge in [0.1, 0.15) is 0 Å². The molecule has 5 nitrogen and oxygen atoms in total. The average molecular weight is 441 g/mol. The molecule has 6 heteroatoms. The fourth-order valence-electron chi connectivity index (χ4n) is 3.96. The number of carbonyl (C=O) groups excluding carboxylic acids is 1. The van der Waals surface area contributed by atoms with Gasteiger partial charge in [0, 0.05) is 24.1 Å². The molecule has 0 N–H and O–H groups in total. The van der Waals surface area contributed by atoms with E-state index in [2.05, 4.69) is 20.9 Å². The molecule has 3 aromatic carbocycles. The molecule has 0 bridgehead atoms. The van der Waals surface area contributed by atoms with E-state index in [0.29, 0.717) is 22.8 Å². The van der Waals surface area contributed by atoms with E-state index >= 15 is 0 Å². The lowest BCUT2D eigenvalue weighted by Gasteiger charge is -2.23. The van der Waals surface area contributed by atoms with Gasteiger partial charge in [-0.25, -0.2) is 0 Å². The monoisotopic (exact) mass is 440 g/mol. The highest BCUT2D eigenvalue weighted by Gasteiger charge is 2.26. The summed E-state index contributed by atoms with van der Waals surface area (Å²) in [4.78, 5) is 15.4. The Labute approximate surface area is 191 Å². The molecular weight excluding hydrogens is 420 g/mol. The number of amides is 1. The first-order valence-electron chi connectivity index (χ1n) is 10.4. The van der Waals surface area contributed by atoms with Crippen molar-refractivity contribution in [1.82, 2.24) is 4.57 Å². The van der Waals surface area contributed by atoms with Crippen LogP contribution in [-0.4, -0.2) is 10.5 Å². The molecule has 2 heterocycles. The van der Waals surface area contributed by atoms with Gasteiger partial charge in [0.2, 0.25) is 0 Å². The standard InChI is InChI=1S/C26H21ClN4O/c1-18-6-4-8-20(14-18)28-29-21-11-12-23(24(27)15-21)26(32)31-17-22-9-5-13-30(22)16-19-7-2-3-10-25(19)31/h2-15H,16-17H2,1H3. The van der Waals surface area contributed by atoms with Crippen LogP contribution in [0, 0.1) is 6.92 Å². The van der Waals surface area contributed by atoms with Crippen molar-refractivity contribution in [2.45, 2.75) is 20.0 Å². The van der Waals surface area contributed by atoms with Crippen LogP contribution < -0.4 is 4.90 Å². The van der Waals surface area contributed by atoms with Crippen LogP contribution >= 0.6 is 11.6 Å². The summed E-state index contributed by atoms with van der Waals surface area (Å²) in [7, 11) is 0. The summed E-state index contributed by atoms with van der Waals surface area (Å²) in [6.45, 7) is 3.22. The van der Waals surface area contributed by atoms with Crippen LogP contribution in [0.3, 0.4) is 0 Å². The maximum Gasteiger partial charge on any atom is 0.260 e. The number of aryl methyl sites for hydroxylation is 1. The van der Waals surface area contributed by atoms with Gasteiger partial charge in [-0.05, 0) is 66.6 Å². The zero-order valence-electron chi connectivity index (χ0n) is 17.6. The smallest absolute Gasteiger partial charge is 0.260 e. The second-order valence-electron chi connectivity index (χ2n) is 7.85. The molecule has 1 aromatic heterocycles. The van der Waals surface area contributed by atoms with Crippen LogP contribution in [0.4, 0.5) is 17.1 Å². The molecule has 4 aromatic rings. The summed E-state index contributed by atoms with van der Waals surface area (Å²) < 4.78 is 2.17. The third-order valence-corrected chi connectivity index (χ3v) is 5.89. The van der Waals surface area contributed by atoms with E-state index in [1.165, 1.54) is 0 Å². The van der Waals surface area contributed by atoms with Crippen LogP contribution in [0.5, 0.6) is 0 Å². The predicted octanol–water partition coefficient (Wildman–Crippen LogP) is 7.07. The average Bonchev–Trinajstić information content (AvgIpc) is 3.16. The predicted molar refractivity (Wildman–Crippen MR) is 127 cm³/mol. The van der Waals surface area contributed by atoms with Crippen molar-refractivity contribution >= 4 is 34.6 Å². The third kappa shape index (κ3) is 3.95. The second kappa shape index (κ2) is 8.44. The van der Waals surface area contributed by atoms with Crippen molar-refractivity contribution in [3.63, 3.8) is 0 Å². The van der Waals surface area contributed by atoms with E-state index in [0.717, 1.165) is 34.7 Å². The van der Waals surface area contributed by atoms with Gasteiger partial charge < -0.3 is 9.47 Å². The van der Waals surface area contributed by atoms with Gasteiger partial charge in [0.05, 0.1) is 28.5 Å². The Balaban J connectivity index is 1.45. The number of anilines is 1. The fourth-order valence-corrected chi connectivity index (χ4v) is 4.21. The third-order valence-electron chi connectivity index (χ3n) is 5.58. The molecule has 0 spiro atoms. The Morgan fingerprint density at radius 2 is 1.69 bits per heavy atom. The Bertz CT molecular complexity index is 1340. The van der Waals surface area contributed by atoms with E-state index in [4.69, 9.17) is 11.6 Å². The number of hydrogen-bond donors (Lipinski definition) is 0. The van der Waals surface area contributed by atoms with Crippen LogP contribution in [0.15, 0.2) is 95.3 Å². The molecule has 0 radical (unpaired) electrons. The van der Waals surface area contributed by atoms with E-state index in [1.807, 2.05) is 67.7 Å². The first-order chi connectivity index (χ1) is 15.6. The van der Waals surface area contributed by atoms with E-state index in [9.17, 15) is 4.79 Å². The number of rotatable bonds is 3. The number of carbonyl (C=O) groups is 1. The van der Waals surface area contributed by atoms with Crippen LogP contribution in [0.2, 0.25) is 5.02 Å². The van der Waals surface area contributed by atoms with Crippen molar-refractivity contribution in [3.8, 4) is 0 Å². The zero-order chi connectivity index (χ0) is 22.1. The van der Waals surface area contributed by atoms with E-state index in [-0.39, 0.29) is 5.91 Å². The summed E-state index contributed by atoms with van der Waals surface area (Å²) in [6, 6.07) is 25.0. The highest BCUT2D eigenvalue weighted by molar-refractivity contribution is 6.34. The summed E-state index contributed by atoms with van der Waals surface area (Å²) in [5.41, 5.74) is 5.99. The number of fused-ring (bicyclic) bond motifs is 2. The normalized spacial score (nSPS) is 13.0. The van der Waals surface area contributed by atoms with Gasteiger partial charge in [-0.1, -0.05) is 41.9 Å². The molecule has 32 heavy (non-hydrogen) atoms. The highest BCUT2D eigenvalue weighted by Crippen LogP contribution is 2.32. The molecule has 1 amide bonds. The molecule has 158 valence electrons. The molecule has 0 saturated heterocycles. The zero-order valence-corrected chi connectivity index (χ0v) is 18.3. The molecule has 0 unspecified atom stereocenters. The number of para-hydroxylation sites is 1. The number of nitrogens with zero attached hydrogens (tertiary/aromatic N) is 4. The SMILES string of the molecule is Cc1cccc(N=Nc2ccc(C(=O)N3Cc4cccn4Cc4ccccc43)c(Cl)c2)c1. The topological polar surface area (TPSA) is 50.0 Å². The summed E-state index contributed by atoms with van der Waals surface area (Å²) in [5.74, 6) is -0.140. The summed E-state index contributed by atoms with van der Waals surface area (Å²) in [6.07, 6.45) is 2.04. The lowest BCUT2D eigenvalue weighted by molar-refractivity contribution is 0.0985. The van der Waals surface area contributed by atoms with Crippen molar-refractivity contribution in [2.75, 3.05) is 4.90 Å². The Hall–Kier alpha value is -3.70. The number of hydrogen-bond acceptors (Lipinski definition) is 3. The largest absolute Gasteiger partial charge is 0.345 e.